The van der Waals surface area contributed by atoms with Crippen molar-refractivity contribution in [2.75, 3.05) is 26.7 Å². The molecule has 5 amide bonds. The van der Waals surface area contributed by atoms with Crippen molar-refractivity contribution in [3.63, 3.8) is 0 Å². The average Bonchev–Trinajstić information content (AvgIpc) is 4.06. The van der Waals surface area contributed by atoms with Crippen LogP contribution in [0.4, 0.5) is 4.79 Å². The quantitative estimate of drug-likeness (QED) is 0.158. The molecule has 8 rings (SSSR count). The molecule has 4 heterocycles. The van der Waals surface area contributed by atoms with Crippen LogP contribution in [-0.2, 0) is 35.2 Å². The van der Waals surface area contributed by atoms with E-state index < -0.39 is 81.7 Å². The van der Waals surface area contributed by atoms with Crippen LogP contribution < -0.4 is 14.8 Å². The first kappa shape index (κ1) is 46.0. The van der Waals surface area contributed by atoms with Crippen LogP contribution in [-0.4, -0.2) is 131 Å². The predicted molar refractivity (Wildman–Crippen MR) is 242 cm³/mol. The number of rotatable bonds is 13. The Balaban J connectivity index is 1.09. The van der Waals surface area contributed by atoms with E-state index in [0.29, 0.717) is 60.4 Å². The molecule has 0 radical (unpaired) electrons. The summed E-state index contributed by atoms with van der Waals surface area (Å²) in [6.07, 6.45) is 2.27. The van der Waals surface area contributed by atoms with Gasteiger partial charge >= 0.3 is 6.09 Å². The van der Waals surface area contributed by atoms with Crippen molar-refractivity contribution in [3.05, 3.63) is 67.3 Å². The van der Waals surface area contributed by atoms with Crippen LogP contribution in [0.2, 0.25) is 0 Å². The van der Waals surface area contributed by atoms with E-state index in [2.05, 4.69) is 11.9 Å². The van der Waals surface area contributed by atoms with E-state index in [1.807, 2.05) is 90.1 Å². The van der Waals surface area contributed by atoms with E-state index in [9.17, 15) is 27.9 Å². The highest BCUT2D eigenvalue weighted by Crippen LogP contribution is 2.48. The summed E-state index contributed by atoms with van der Waals surface area (Å²) in [5.41, 5.74) is -0.805. The average molecular weight is 913 g/mol. The minimum absolute atomic E-state index is 0.0156. The molecule has 16 nitrogen and oxygen atoms in total. The van der Waals surface area contributed by atoms with E-state index in [0.717, 1.165) is 9.87 Å². The SMILES string of the molecule is C=C[C@@H]1C[C@]1(NC(=O)[C@@H]1C[C@@H](Oc2cc(-c3ccccc3)nc3cc(OC)ccc23)CN1C(=O)[C@@H](CC(=O)N1CC2CC1CN2C(=O)OC(C)(C)C)C(C)(C)C)C(=O)N(C1CC1)S(=O)O. The maximum atomic E-state index is 15.2. The molecule has 5 aliphatic rings. The van der Waals surface area contributed by atoms with Crippen molar-refractivity contribution in [2.24, 2.45) is 17.3 Å². The zero-order valence-corrected chi connectivity index (χ0v) is 39.0. The van der Waals surface area contributed by atoms with E-state index >= 15 is 4.79 Å². The van der Waals surface area contributed by atoms with Gasteiger partial charge in [0.25, 0.3) is 17.2 Å². The predicted octanol–water partition coefficient (Wildman–Crippen LogP) is 5.72. The van der Waals surface area contributed by atoms with Gasteiger partial charge in [0.15, 0.2) is 0 Å². The van der Waals surface area contributed by atoms with E-state index in [1.165, 1.54) is 4.90 Å². The van der Waals surface area contributed by atoms with Gasteiger partial charge in [0, 0.05) is 61.0 Å². The van der Waals surface area contributed by atoms with Crippen LogP contribution in [0, 0.1) is 17.3 Å². The molecule has 2 saturated carbocycles. The number of piperazine rings is 1. The summed E-state index contributed by atoms with van der Waals surface area (Å²) < 4.78 is 41.5. The highest BCUT2D eigenvalue weighted by molar-refractivity contribution is 7.77. The molecule has 3 unspecified atom stereocenters. The monoisotopic (exact) mass is 912 g/mol. The molecule has 8 atom stereocenters. The molecular weight excluding hydrogens is 853 g/mol. The number of aromatic nitrogens is 1. The number of nitrogens with one attached hydrogen (secondary N) is 1. The van der Waals surface area contributed by atoms with E-state index in [4.69, 9.17) is 19.2 Å². The summed E-state index contributed by atoms with van der Waals surface area (Å²) in [6, 6.07) is 15.0. The Morgan fingerprint density at radius 3 is 2.25 bits per heavy atom. The number of pyridine rings is 1. The number of hydrogen-bond acceptors (Lipinski definition) is 10. The molecule has 1 aromatic heterocycles. The van der Waals surface area contributed by atoms with Gasteiger partial charge in [-0.2, -0.15) is 0 Å². The van der Waals surface area contributed by atoms with E-state index in [1.54, 1.807) is 29.1 Å². The summed E-state index contributed by atoms with van der Waals surface area (Å²) in [5, 5.41) is 3.63. The van der Waals surface area contributed by atoms with Crippen molar-refractivity contribution in [1.29, 1.82) is 0 Å². The molecule has 65 heavy (non-hydrogen) atoms. The lowest BCUT2D eigenvalue weighted by molar-refractivity contribution is -0.149. The van der Waals surface area contributed by atoms with Gasteiger partial charge in [-0.15, -0.1) is 6.58 Å². The molecule has 3 aromatic rings. The van der Waals surface area contributed by atoms with Crippen molar-refractivity contribution >= 4 is 51.9 Å². The Hall–Kier alpha value is -5.55. The second-order valence-electron chi connectivity index (χ2n) is 20.2. The lowest BCUT2D eigenvalue weighted by Crippen LogP contribution is -2.58. The van der Waals surface area contributed by atoms with Crippen LogP contribution >= 0.6 is 0 Å². The van der Waals surface area contributed by atoms with Gasteiger partial charge in [-0.25, -0.2) is 18.3 Å². The van der Waals surface area contributed by atoms with Gasteiger partial charge < -0.3 is 34.2 Å². The molecule has 348 valence electrons. The van der Waals surface area contributed by atoms with Crippen molar-refractivity contribution < 1.29 is 46.9 Å². The number of likely N-dealkylation sites (tertiary alicyclic amines) is 3. The highest BCUT2D eigenvalue weighted by Gasteiger charge is 2.64. The van der Waals surface area contributed by atoms with E-state index in [-0.39, 0.29) is 43.8 Å². The highest BCUT2D eigenvalue weighted by atomic mass is 32.2. The minimum Gasteiger partial charge on any atom is -0.497 e. The van der Waals surface area contributed by atoms with Gasteiger partial charge in [0.1, 0.15) is 34.8 Å². The summed E-state index contributed by atoms with van der Waals surface area (Å²) in [5.74, 6) is -2.21. The number of carbonyl (C=O) groups is 5. The third kappa shape index (κ3) is 9.31. The van der Waals surface area contributed by atoms with Crippen molar-refractivity contribution in [2.45, 2.75) is 121 Å². The summed E-state index contributed by atoms with van der Waals surface area (Å²) >= 11 is -2.61. The van der Waals surface area contributed by atoms with Crippen LogP contribution in [0.25, 0.3) is 22.2 Å². The molecule has 2 bridgehead atoms. The number of nitrogens with zero attached hydrogens (tertiary/aromatic N) is 5. The topological polar surface area (TPSA) is 188 Å². The molecule has 2 aliphatic carbocycles. The Bertz CT molecular complexity index is 2420. The van der Waals surface area contributed by atoms with Gasteiger partial charge in [-0.1, -0.05) is 57.2 Å². The number of benzene rings is 2. The maximum absolute atomic E-state index is 15.2. The lowest BCUT2D eigenvalue weighted by atomic mass is 9.77. The Morgan fingerprint density at radius 1 is 0.969 bits per heavy atom. The molecule has 2 N–H and O–H groups in total. The molecule has 3 aliphatic heterocycles. The normalized spacial score (nSPS) is 25.8. The van der Waals surface area contributed by atoms with Gasteiger partial charge in [0.05, 0.1) is 42.9 Å². The summed E-state index contributed by atoms with van der Waals surface area (Å²) in [6.45, 7) is 15.6. The summed E-state index contributed by atoms with van der Waals surface area (Å²) in [4.78, 5) is 81.2. The number of ether oxygens (including phenoxy) is 3. The first-order chi connectivity index (χ1) is 30.7. The zero-order chi connectivity index (χ0) is 46.7. The largest absolute Gasteiger partial charge is 0.497 e. The fourth-order valence-corrected chi connectivity index (χ4v) is 10.4. The zero-order valence-electron chi connectivity index (χ0n) is 38.2. The van der Waals surface area contributed by atoms with Gasteiger partial charge in [-0.3, -0.25) is 23.7 Å². The first-order valence-electron chi connectivity index (χ1n) is 22.4. The van der Waals surface area contributed by atoms with Crippen LogP contribution in [0.15, 0.2) is 67.3 Å². The number of hydrogen-bond donors (Lipinski definition) is 2. The Morgan fingerprint density at radius 2 is 1.66 bits per heavy atom. The molecule has 2 aromatic carbocycles. The van der Waals surface area contributed by atoms with Crippen molar-refractivity contribution in [1.82, 2.24) is 29.3 Å². The lowest BCUT2D eigenvalue weighted by Gasteiger charge is -2.38. The Labute approximate surface area is 382 Å². The van der Waals surface area contributed by atoms with Crippen molar-refractivity contribution in [3.8, 4) is 22.8 Å². The number of carbonyl (C=O) groups excluding carboxylic acids is 5. The minimum atomic E-state index is -2.61. The van der Waals surface area contributed by atoms with Gasteiger partial charge in [0.2, 0.25) is 17.7 Å². The molecular formula is C48H60N6O10S. The third-order valence-corrected chi connectivity index (χ3v) is 14.2. The number of amides is 5. The fourth-order valence-electron chi connectivity index (χ4n) is 9.67. The van der Waals surface area contributed by atoms with Crippen LogP contribution in [0.1, 0.15) is 80.1 Å². The molecule has 3 saturated heterocycles. The Kier molecular flexibility index (Phi) is 12.3. The van der Waals surface area contributed by atoms with Crippen LogP contribution in [0.5, 0.6) is 11.5 Å². The summed E-state index contributed by atoms with van der Waals surface area (Å²) in [7, 11) is 1.58. The maximum Gasteiger partial charge on any atom is 0.410 e. The second-order valence-corrected chi connectivity index (χ2v) is 21.0. The number of methoxy groups -OCH3 is 1. The smallest absolute Gasteiger partial charge is 0.410 e. The molecule has 17 heteroatoms. The number of fused-ring (bicyclic) bond motifs is 3. The van der Waals surface area contributed by atoms with Crippen LogP contribution in [0.3, 0.4) is 0 Å². The molecule has 5 fully saturated rings. The molecule has 0 spiro atoms. The fraction of sp³-hybridized carbons (Fsp3) is 0.542. The standard InChI is InChI=1S/C48H60N6O10S/c1-9-29-24-48(29,44(58)54(65(60)61)30-15-16-30)50-42(56)39-21-34(63-40-23-37(28-13-11-10-12-14-28)49-38-20-33(62-8)17-18-35(38)40)27-53(39)43(57)36(46(2,3)4)22-41(55)51-25-32-19-31(51)26-52(32)45(59)64-47(5,6)7/h9-14,17-18,20,23,29-32,34,36,39H,1,15-16,19,21-22,24-27H2,2-8H3,(H,50,56)(H,60,61)/t29-,31?,32?,34-,36-,39+,48-/m1/s1. The first-order valence-corrected chi connectivity index (χ1v) is 23.5. The van der Waals surface area contributed by atoms with Gasteiger partial charge in [-0.05, 0) is 64.0 Å². The second kappa shape index (κ2) is 17.3. The third-order valence-electron chi connectivity index (χ3n) is 13.4.